The van der Waals surface area contributed by atoms with Crippen LogP contribution in [0.1, 0.15) is 0 Å². The van der Waals surface area contributed by atoms with Crippen molar-refractivity contribution in [3.8, 4) is 0 Å². The monoisotopic (exact) mass is 201 g/mol. The number of rotatable bonds is 0. The van der Waals surface area contributed by atoms with E-state index in [1.54, 1.807) is 18.3 Å². The predicted octanol–water partition coefficient (Wildman–Crippen LogP) is 2.44. The molecule has 3 rings (SSSR count). The standard InChI is InChI=1S/C11H8FN3/c12-7-2-1-3-8-11(7)6-4-10(13)14-5-9(6)15-8/h1-5,15H,(H2,13,14). The second-order valence-electron chi connectivity index (χ2n) is 3.44. The van der Waals surface area contributed by atoms with Crippen molar-refractivity contribution >= 4 is 27.6 Å². The quantitative estimate of drug-likeness (QED) is 0.587. The van der Waals surface area contributed by atoms with E-state index in [4.69, 9.17) is 5.73 Å². The average Bonchev–Trinajstić information content (AvgIpc) is 2.57. The summed E-state index contributed by atoms with van der Waals surface area (Å²) in [5.74, 6) is 0.149. The van der Waals surface area contributed by atoms with E-state index in [0.29, 0.717) is 11.2 Å². The van der Waals surface area contributed by atoms with Gasteiger partial charge in [0.15, 0.2) is 0 Å². The molecule has 0 atom stereocenters. The Labute approximate surface area is 84.7 Å². The number of H-pyrrole nitrogens is 1. The van der Waals surface area contributed by atoms with E-state index in [9.17, 15) is 4.39 Å². The highest BCUT2D eigenvalue weighted by atomic mass is 19.1. The summed E-state index contributed by atoms with van der Waals surface area (Å²) in [6, 6.07) is 6.61. The molecule has 2 heterocycles. The third-order valence-corrected chi connectivity index (χ3v) is 2.48. The molecule has 0 spiro atoms. The average molecular weight is 201 g/mol. The lowest BCUT2D eigenvalue weighted by molar-refractivity contribution is 0.640. The molecule has 3 nitrogen and oxygen atoms in total. The Morgan fingerprint density at radius 1 is 1.27 bits per heavy atom. The lowest BCUT2D eigenvalue weighted by Crippen LogP contribution is -1.87. The van der Waals surface area contributed by atoms with Gasteiger partial charge in [0.2, 0.25) is 0 Å². The highest BCUT2D eigenvalue weighted by Crippen LogP contribution is 2.27. The molecular formula is C11H8FN3. The van der Waals surface area contributed by atoms with E-state index in [1.165, 1.54) is 6.07 Å². The molecule has 0 amide bonds. The van der Waals surface area contributed by atoms with Gasteiger partial charge in [-0.3, -0.25) is 0 Å². The van der Waals surface area contributed by atoms with Crippen LogP contribution < -0.4 is 5.73 Å². The predicted molar refractivity (Wildman–Crippen MR) is 58.0 cm³/mol. The third kappa shape index (κ3) is 1.08. The van der Waals surface area contributed by atoms with E-state index in [0.717, 1.165) is 16.4 Å². The van der Waals surface area contributed by atoms with Gasteiger partial charge in [0.1, 0.15) is 11.6 Å². The zero-order valence-corrected chi connectivity index (χ0v) is 7.79. The van der Waals surface area contributed by atoms with Crippen LogP contribution in [-0.4, -0.2) is 9.97 Å². The van der Waals surface area contributed by atoms with Gasteiger partial charge in [0.25, 0.3) is 0 Å². The molecule has 3 N–H and O–H groups in total. The number of benzene rings is 1. The number of halogens is 1. The molecule has 0 unspecified atom stereocenters. The van der Waals surface area contributed by atoms with Gasteiger partial charge in [0.05, 0.1) is 11.7 Å². The molecule has 3 aromatic rings. The lowest BCUT2D eigenvalue weighted by Gasteiger charge is -1.94. The number of nitrogens with one attached hydrogen (secondary N) is 1. The summed E-state index contributed by atoms with van der Waals surface area (Å²) in [5, 5.41) is 1.34. The summed E-state index contributed by atoms with van der Waals surface area (Å²) in [6.45, 7) is 0. The van der Waals surface area contributed by atoms with E-state index in [2.05, 4.69) is 9.97 Å². The van der Waals surface area contributed by atoms with Gasteiger partial charge in [-0.15, -0.1) is 0 Å². The first kappa shape index (κ1) is 8.23. The van der Waals surface area contributed by atoms with E-state index in [1.807, 2.05) is 6.07 Å². The number of hydrogen-bond acceptors (Lipinski definition) is 2. The van der Waals surface area contributed by atoms with Gasteiger partial charge in [-0.1, -0.05) is 6.07 Å². The first-order valence-corrected chi connectivity index (χ1v) is 4.57. The van der Waals surface area contributed by atoms with Gasteiger partial charge in [0, 0.05) is 16.3 Å². The first-order chi connectivity index (χ1) is 7.25. The van der Waals surface area contributed by atoms with Crippen molar-refractivity contribution in [2.45, 2.75) is 0 Å². The molecule has 0 radical (unpaired) electrons. The van der Waals surface area contributed by atoms with Crippen LogP contribution in [0, 0.1) is 5.82 Å². The largest absolute Gasteiger partial charge is 0.384 e. The van der Waals surface area contributed by atoms with Crippen molar-refractivity contribution in [2.24, 2.45) is 0 Å². The van der Waals surface area contributed by atoms with Crippen molar-refractivity contribution in [1.82, 2.24) is 9.97 Å². The molecule has 1 aromatic carbocycles. The molecule has 4 heteroatoms. The fraction of sp³-hybridized carbons (Fsp3) is 0. The minimum atomic E-state index is -0.246. The number of anilines is 1. The molecule has 15 heavy (non-hydrogen) atoms. The Balaban J connectivity index is 2.61. The maximum Gasteiger partial charge on any atom is 0.133 e. The molecule has 0 aliphatic heterocycles. The summed E-state index contributed by atoms with van der Waals surface area (Å²) < 4.78 is 13.6. The molecule has 74 valence electrons. The fourth-order valence-corrected chi connectivity index (χ4v) is 1.83. The van der Waals surface area contributed by atoms with E-state index < -0.39 is 0 Å². The Kier molecular flexibility index (Phi) is 1.48. The number of nitrogens with zero attached hydrogens (tertiary/aromatic N) is 1. The maximum absolute atomic E-state index is 13.6. The smallest absolute Gasteiger partial charge is 0.133 e. The summed E-state index contributed by atoms with van der Waals surface area (Å²) >= 11 is 0. The van der Waals surface area contributed by atoms with Crippen molar-refractivity contribution in [3.63, 3.8) is 0 Å². The Bertz CT molecular complexity index is 657. The van der Waals surface area contributed by atoms with Gasteiger partial charge < -0.3 is 10.7 Å². The van der Waals surface area contributed by atoms with Crippen LogP contribution in [-0.2, 0) is 0 Å². The second-order valence-corrected chi connectivity index (χ2v) is 3.44. The Morgan fingerprint density at radius 3 is 3.00 bits per heavy atom. The number of nitrogen functional groups attached to an aromatic ring is 1. The van der Waals surface area contributed by atoms with Crippen molar-refractivity contribution in [3.05, 3.63) is 36.3 Å². The number of aromatic nitrogens is 2. The summed E-state index contributed by atoms with van der Waals surface area (Å²) in [4.78, 5) is 7.04. The summed E-state index contributed by atoms with van der Waals surface area (Å²) in [7, 11) is 0. The molecular weight excluding hydrogens is 193 g/mol. The Morgan fingerprint density at radius 2 is 2.13 bits per heavy atom. The topological polar surface area (TPSA) is 54.7 Å². The van der Waals surface area contributed by atoms with Crippen LogP contribution >= 0.6 is 0 Å². The normalized spacial score (nSPS) is 11.3. The van der Waals surface area contributed by atoms with Crippen LogP contribution in [0.3, 0.4) is 0 Å². The number of pyridine rings is 1. The highest BCUT2D eigenvalue weighted by molar-refractivity contribution is 6.07. The lowest BCUT2D eigenvalue weighted by atomic mass is 10.2. The zero-order valence-electron chi connectivity index (χ0n) is 7.79. The molecule has 0 saturated heterocycles. The molecule has 0 aliphatic rings. The highest BCUT2D eigenvalue weighted by Gasteiger charge is 2.08. The second kappa shape index (κ2) is 2.70. The maximum atomic E-state index is 13.6. The van der Waals surface area contributed by atoms with Crippen LogP contribution in [0.5, 0.6) is 0 Å². The number of hydrogen-bond donors (Lipinski definition) is 2. The molecule has 2 aromatic heterocycles. The Hall–Kier alpha value is -2.10. The fourth-order valence-electron chi connectivity index (χ4n) is 1.83. The molecule has 0 saturated carbocycles. The van der Waals surface area contributed by atoms with E-state index >= 15 is 0 Å². The van der Waals surface area contributed by atoms with Gasteiger partial charge in [-0.05, 0) is 18.2 Å². The van der Waals surface area contributed by atoms with Crippen LogP contribution in [0.15, 0.2) is 30.5 Å². The van der Waals surface area contributed by atoms with Gasteiger partial charge in [-0.2, -0.15) is 0 Å². The van der Waals surface area contributed by atoms with Crippen LogP contribution in [0.25, 0.3) is 21.8 Å². The van der Waals surface area contributed by atoms with E-state index in [-0.39, 0.29) is 5.82 Å². The number of aromatic amines is 1. The first-order valence-electron chi connectivity index (χ1n) is 4.57. The van der Waals surface area contributed by atoms with Gasteiger partial charge in [-0.25, -0.2) is 9.37 Å². The molecule has 0 fully saturated rings. The van der Waals surface area contributed by atoms with Crippen molar-refractivity contribution < 1.29 is 4.39 Å². The van der Waals surface area contributed by atoms with Crippen LogP contribution in [0.4, 0.5) is 10.2 Å². The minimum Gasteiger partial charge on any atom is -0.384 e. The van der Waals surface area contributed by atoms with Crippen molar-refractivity contribution in [2.75, 3.05) is 5.73 Å². The molecule has 0 bridgehead atoms. The summed E-state index contributed by atoms with van der Waals surface area (Å²) in [6.07, 6.45) is 1.62. The SMILES string of the molecule is Nc1cc2c(cn1)[nH]c1cccc(F)c12. The van der Waals surface area contributed by atoms with Crippen molar-refractivity contribution in [1.29, 1.82) is 0 Å². The zero-order chi connectivity index (χ0) is 10.4. The minimum absolute atomic E-state index is 0.246. The third-order valence-electron chi connectivity index (χ3n) is 2.48. The number of fused-ring (bicyclic) bond motifs is 3. The van der Waals surface area contributed by atoms with Gasteiger partial charge >= 0.3 is 0 Å². The van der Waals surface area contributed by atoms with Crippen LogP contribution in [0.2, 0.25) is 0 Å². The number of nitrogens with two attached hydrogens (primary N) is 1. The molecule has 0 aliphatic carbocycles. The summed E-state index contributed by atoms with van der Waals surface area (Å²) in [5.41, 5.74) is 7.13.